The van der Waals surface area contributed by atoms with E-state index in [9.17, 15) is 0 Å². The molecule has 0 bridgehead atoms. The lowest BCUT2D eigenvalue weighted by atomic mass is 10.2. The summed E-state index contributed by atoms with van der Waals surface area (Å²) in [5, 5.41) is 9.06. The quantitative estimate of drug-likeness (QED) is 0.280. The van der Waals surface area contributed by atoms with Gasteiger partial charge in [0.05, 0.1) is 25.9 Å². The molecule has 31 heavy (non-hydrogen) atoms. The molecule has 4 rings (SSSR count). The number of aliphatic imine (C=N–C) groups is 1. The second-order valence-corrected chi connectivity index (χ2v) is 8.72. The highest BCUT2D eigenvalue weighted by atomic mass is 127. The van der Waals surface area contributed by atoms with Crippen molar-refractivity contribution in [1.82, 2.24) is 20.5 Å². The Morgan fingerprint density at radius 3 is 2.87 bits per heavy atom. The Bertz CT molecular complexity index is 810. The van der Waals surface area contributed by atoms with E-state index in [4.69, 9.17) is 9.47 Å². The maximum Gasteiger partial charge on any atom is 0.213 e. The number of halogens is 1. The average molecular weight is 558 g/mol. The highest BCUT2D eigenvalue weighted by molar-refractivity contribution is 14.0. The van der Waals surface area contributed by atoms with Crippen LogP contribution in [0, 0.1) is 5.92 Å². The van der Waals surface area contributed by atoms with Crippen LogP contribution in [0.15, 0.2) is 40.8 Å². The minimum absolute atomic E-state index is 0. The molecule has 3 heterocycles. The minimum atomic E-state index is 0. The van der Waals surface area contributed by atoms with Gasteiger partial charge in [-0.05, 0) is 41.8 Å². The van der Waals surface area contributed by atoms with Gasteiger partial charge in [0.2, 0.25) is 5.88 Å². The third-order valence-electron chi connectivity index (χ3n) is 5.47. The predicted molar refractivity (Wildman–Crippen MR) is 136 cm³/mol. The first-order valence-electron chi connectivity index (χ1n) is 10.7. The first-order valence-corrected chi connectivity index (χ1v) is 11.6. The standard InChI is InChI=1S/C22H31N5O2S.HI/c1-23-22(25-14-18-6-7-24-21(13-18)29-16-17-4-5-17)26-15-19(20-3-2-12-30-20)27-8-10-28-11-9-27;/h2-3,6-7,12-13,17,19H,4-5,8-11,14-16H2,1H3,(H2,23,25,26);1H. The molecule has 2 aromatic rings. The van der Waals surface area contributed by atoms with Crippen LogP contribution in [0.2, 0.25) is 0 Å². The Morgan fingerprint density at radius 1 is 1.32 bits per heavy atom. The van der Waals surface area contributed by atoms with Crippen molar-refractivity contribution in [3.63, 3.8) is 0 Å². The van der Waals surface area contributed by atoms with Crippen molar-refractivity contribution in [2.75, 3.05) is 46.5 Å². The minimum Gasteiger partial charge on any atom is -0.477 e. The summed E-state index contributed by atoms with van der Waals surface area (Å²) in [6, 6.07) is 8.66. The van der Waals surface area contributed by atoms with E-state index in [1.165, 1.54) is 17.7 Å². The van der Waals surface area contributed by atoms with Crippen LogP contribution in [0.25, 0.3) is 0 Å². The van der Waals surface area contributed by atoms with Crippen molar-refractivity contribution >= 4 is 41.3 Å². The lowest BCUT2D eigenvalue weighted by Crippen LogP contribution is -2.46. The van der Waals surface area contributed by atoms with Gasteiger partial charge in [0.25, 0.3) is 0 Å². The lowest BCUT2D eigenvalue weighted by molar-refractivity contribution is 0.0177. The average Bonchev–Trinajstić information content (AvgIpc) is 3.47. The van der Waals surface area contributed by atoms with Crippen molar-refractivity contribution < 1.29 is 9.47 Å². The van der Waals surface area contributed by atoms with Crippen molar-refractivity contribution in [2.45, 2.75) is 25.4 Å². The molecule has 2 aliphatic rings. The van der Waals surface area contributed by atoms with E-state index < -0.39 is 0 Å². The van der Waals surface area contributed by atoms with E-state index >= 15 is 0 Å². The van der Waals surface area contributed by atoms with Gasteiger partial charge in [-0.2, -0.15) is 0 Å². The smallest absolute Gasteiger partial charge is 0.213 e. The van der Waals surface area contributed by atoms with Gasteiger partial charge >= 0.3 is 0 Å². The molecule has 0 aromatic carbocycles. The topological polar surface area (TPSA) is 71.0 Å². The highest BCUT2D eigenvalue weighted by Crippen LogP contribution is 2.29. The molecule has 1 atom stereocenters. The van der Waals surface area contributed by atoms with Crippen LogP contribution in [-0.4, -0.2) is 62.3 Å². The third kappa shape index (κ3) is 7.58. The van der Waals surface area contributed by atoms with Gasteiger partial charge in [-0.1, -0.05) is 6.07 Å². The van der Waals surface area contributed by atoms with Gasteiger partial charge in [-0.15, -0.1) is 35.3 Å². The molecule has 2 aromatic heterocycles. The first-order chi connectivity index (χ1) is 14.8. The van der Waals surface area contributed by atoms with E-state index in [0.717, 1.165) is 56.9 Å². The molecule has 2 fully saturated rings. The van der Waals surface area contributed by atoms with Crippen LogP contribution in [0.5, 0.6) is 5.88 Å². The summed E-state index contributed by atoms with van der Waals surface area (Å²) in [7, 11) is 1.81. The Morgan fingerprint density at radius 2 is 2.16 bits per heavy atom. The Kier molecular flexibility index (Phi) is 9.82. The zero-order valence-electron chi connectivity index (χ0n) is 18.0. The van der Waals surface area contributed by atoms with E-state index in [1.54, 1.807) is 24.6 Å². The second kappa shape index (κ2) is 12.6. The van der Waals surface area contributed by atoms with Crippen LogP contribution in [0.3, 0.4) is 0 Å². The van der Waals surface area contributed by atoms with Gasteiger partial charge in [-0.3, -0.25) is 9.89 Å². The molecule has 2 N–H and O–H groups in total. The van der Waals surface area contributed by atoms with E-state index in [1.807, 2.05) is 12.1 Å². The van der Waals surface area contributed by atoms with Crippen LogP contribution in [0.1, 0.15) is 29.3 Å². The van der Waals surface area contributed by atoms with Crippen molar-refractivity contribution in [1.29, 1.82) is 0 Å². The summed E-state index contributed by atoms with van der Waals surface area (Å²) in [5.41, 5.74) is 1.13. The third-order valence-corrected chi connectivity index (χ3v) is 6.44. The number of aromatic nitrogens is 1. The molecule has 1 aliphatic heterocycles. The van der Waals surface area contributed by atoms with Crippen LogP contribution >= 0.6 is 35.3 Å². The van der Waals surface area contributed by atoms with Crippen LogP contribution < -0.4 is 15.4 Å². The normalized spacial score (nSPS) is 18.2. The number of guanidine groups is 1. The van der Waals surface area contributed by atoms with E-state index in [2.05, 4.69) is 43.0 Å². The van der Waals surface area contributed by atoms with E-state index in [0.29, 0.717) is 18.5 Å². The monoisotopic (exact) mass is 557 g/mol. The van der Waals surface area contributed by atoms with Crippen molar-refractivity contribution in [3.05, 3.63) is 46.3 Å². The first kappa shape index (κ1) is 24.2. The van der Waals surface area contributed by atoms with Crippen molar-refractivity contribution in [2.24, 2.45) is 10.9 Å². The number of rotatable bonds is 9. The fourth-order valence-electron chi connectivity index (χ4n) is 3.51. The highest BCUT2D eigenvalue weighted by Gasteiger charge is 2.24. The fraction of sp³-hybridized carbons (Fsp3) is 0.545. The number of ether oxygens (including phenoxy) is 2. The Hall–Kier alpha value is -1.43. The predicted octanol–water partition coefficient (Wildman–Crippen LogP) is 3.29. The lowest BCUT2D eigenvalue weighted by Gasteiger charge is -2.34. The molecule has 0 radical (unpaired) electrons. The second-order valence-electron chi connectivity index (χ2n) is 7.74. The van der Waals surface area contributed by atoms with Gasteiger partial charge in [0.1, 0.15) is 0 Å². The molecule has 1 unspecified atom stereocenters. The Labute approximate surface area is 205 Å². The SMILES string of the molecule is CN=C(NCc1ccnc(OCC2CC2)c1)NCC(c1cccs1)N1CCOCC1.I. The molecule has 7 nitrogen and oxygen atoms in total. The number of morpholine rings is 1. The molecule has 0 spiro atoms. The maximum atomic E-state index is 5.79. The zero-order chi connectivity index (χ0) is 20.6. The fourth-order valence-corrected chi connectivity index (χ4v) is 4.37. The molecule has 1 saturated heterocycles. The zero-order valence-corrected chi connectivity index (χ0v) is 21.1. The molecule has 9 heteroatoms. The summed E-state index contributed by atoms with van der Waals surface area (Å²) in [4.78, 5) is 12.6. The summed E-state index contributed by atoms with van der Waals surface area (Å²) in [6.45, 7) is 5.74. The Balaban J connectivity index is 0.00000272. The van der Waals surface area contributed by atoms with Gasteiger partial charge in [0.15, 0.2) is 5.96 Å². The number of hydrogen-bond donors (Lipinski definition) is 2. The molecular weight excluding hydrogens is 525 g/mol. The van der Waals surface area contributed by atoms with Gasteiger partial charge in [-0.25, -0.2) is 4.98 Å². The summed E-state index contributed by atoms with van der Waals surface area (Å²) < 4.78 is 11.3. The molecule has 1 aliphatic carbocycles. The largest absolute Gasteiger partial charge is 0.477 e. The van der Waals surface area contributed by atoms with E-state index in [-0.39, 0.29) is 24.0 Å². The maximum absolute atomic E-state index is 5.79. The molecular formula is C22H32IN5O2S. The number of nitrogens with one attached hydrogen (secondary N) is 2. The number of thiophene rings is 1. The number of nitrogens with zero attached hydrogens (tertiary/aromatic N) is 3. The molecule has 0 amide bonds. The summed E-state index contributed by atoms with van der Waals surface area (Å²) in [5.74, 6) is 2.22. The molecule has 1 saturated carbocycles. The van der Waals surface area contributed by atoms with Gasteiger partial charge < -0.3 is 20.1 Å². The van der Waals surface area contributed by atoms with Crippen LogP contribution in [-0.2, 0) is 11.3 Å². The summed E-state index contributed by atoms with van der Waals surface area (Å²) in [6.07, 6.45) is 4.36. The van der Waals surface area contributed by atoms with Gasteiger partial charge in [0, 0.05) is 50.4 Å². The van der Waals surface area contributed by atoms with Crippen LogP contribution in [0.4, 0.5) is 0 Å². The number of pyridine rings is 1. The molecule has 170 valence electrons. The number of hydrogen-bond acceptors (Lipinski definition) is 6. The van der Waals surface area contributed by atoms with Crippen molar-refractivity contribution in [3.8, 4) is 5.88 Å². The summed E-state index contributed by atoms with van der Waals surface area (Å²) >= 11 is 1.80.